The number of halogens is 1. The van der Waals surface area contributed by atoms with Crippen molar-refractivity contribution in [3.05, 3.63) is 38.7 Å². The summed E-state index contributed by atoms with van der Waals surface area (Å²) in [6.07, 6.45) is 0.889. The molecule has 0 saturated carbocycles. The third-order valence-electron chi connectivity index (χ3n) is 2.84. The molecule has 3 N–H and O–H groups in total. The minimum Gasteiger partial charge on any atom is -0.324 e. The fourth-order valence-corrected chi connectivity index (χ4v) is 3.64. The van der Waals surface area contributed by atoms with Crippen molar-refractivity contribution in [2.75, 3.05) is 0 Å². The fourth-order valence-electron chi connectivity index (χ4n) is 1.85. The van der Waals surface area contributed by atoms with Crippen LogP contribution in [0, 0.1) is 0 Å². The molecule has 1 aromatic carbocycles. The maximum absolute atomic E-state index is 11.6. The van der Waals surface area contributed by atoms with Crippen LogP contribution in [0.4, 0.5) is 0 Å². The lowest BCUT2D eigenvalue weighted by atomic mass is 10.1. The molecule has 1 heterocycles. The maximum atomic E-state index is 11.6. The molecule has 0 fully saturated rings. The second-order valence-electron chi connectivity index (χ2n) is 4.54. The highest BCUT2D eigenvalue weighted by Gasteiger charge is 2.11. The Morgan fingerprint density at radius 2 is 2.30 bits per heavy atom. The van der Waals surface area contributed by atoms with E-state index in [-0.39, 0.29) is 11.7 Å². The van der Waals surface area contributed by atoms with E-state index in [4.69, 9.17) is 5.73 Å². The molecule has 2 rings (SSSR count). The van der Waals surface area contributed by atoms with Gasteiger partial charge in [0.05, 0.1) is 0 Å². The number of benzene rings is 1. The Hall–Kier alpha value is -1.05. The second kappa shape index (κ2) is 6.60. The van der Waals surface area contributed by atoms with Gasteiger partial charge < -0.3 is 5.73 Å². The summed E-state index contributed by atoms with van der Waals surface area (Å²) in [7, 11) is 0. The minimum atomic E-state index is -0.166. The standard InChI is InChI=1S/C13H17BrN4OS/c1-3-6-18-12(19)16-17-13(18)20-9-4-5-10(8(2)15)11(14)7-9/h4-5,7-8H,3,6,15H2,1-2H3,(H,16,19)/t8-/m0/s1. The van der Waals surface area contributed by atoms with Crippen molar-refractivity contribution in [3.8, 4) is 0 Å². The lowest BCUT2D eigenvalue weighted by Crippen LogP contribution is -2.17. The first-order valence-corrected chi connectivity index (χ1v) is 8.02. The van der Waals surface area contributed by atoms with E-state index in [9.17, 15) is 4.79 Å². The molecule has 7 heteroatoms. The number of nitrogens with one attached hydrogen (secondary N) is 1. The minimum absolute atomic E-state index is 0.0212. The molecule has 1 aromatic heterocycles. The average Bonchev–Trinajstić information content (AvgIpc) is 2.72. The number of rotatable bonds is 5. The van der Waals surface area contributed by atoms with Gasteiger partial charge in [-0.15, -0.1) is 5.10 Å². The van der Waals surface area contributed by atoms with Crippen molar-refractivity contribution in [1.82, 2.24) is 14.8 Å². The molecular weight excluding hydrogens is 340 g/mol. The second-order valence-corrected chi connectivity index (χ2v) is 6.43. The zero-order chi connectivity index (χ0) is 14.7. The van der Waals surface area contributed by atoms with Gasteiger partial charge in [-0.25, -0.2) is 9.89 Å². The normalized spacial score (nSPS) is 12.6. The topological polar surface area (TPSA) is 76.7 Å². The Kier molecular flexibility index (Phi) is 5.06. The van der Waals surface area contributed by atoms with E-state index in [2.05, 4.69) is 26.1 Å². The third kappa shape index (κ3) is 3.34. The van der Waals surface area contributed by atoms with Crippen molar-refractivity contribution in [2.45, 2.75) is 42.9 Å². The lowest BCUT2D eigenvalue weighted by molar-refractivity contribution is 0.604. The number of H-pyrrole nitrogens is 1. The van der Waals surface area contributed by atoms with Gasteiger partial charge in [0.25, 0.3) is 0 Å². The molecule has 2 aromatic rings. The van der Waals surface area contributed by atoms with E-state index >= 15 is 0 Å². The molecule has 0 bridgehead atoms. The van der Waals surface area contributed by atoms with Crippen LogP contribution < -0.4 is 11.4 Å². The Balaban J connectivity index is 2.27. The van der Waals surface area contributed by atoms with Crippen molar-refractivity contribution in [2.24, 2.45) is 5.73 Å². The first kappa shape index (κ1) is 15.3. The first-order chi connectivity index (χ1) is 9.52. The average molecular weight is 357 g/mol. The van der Waals surface area contributed by atoms with E-state index in [0.29, 0.717) is 11.7 Å². The zero-order valence-corrected chi connectivity index (χ0v) is 13.8. The van der Waals surface area contributed by atoms with Gasteiger partial charge in [0, 0.05) is 22.0 Å². The number of aromatic nitrogens is 3. The summed E-state index contributed by atoms with van der Waals surface area (Å²) in [5, 5.41) is 7.23. The molecule has 0 saturated heterocycles. The van der Waals surface area contributed by atoms with Gasteiger partial charge in [0.15, 0.2) is 5.16 Å². The van der Waals surface area contributed by atoms with Crippen molar-refractivity contribution >= 4 is 27.7 Å². The van der Waals surface area contributed by atoms with E-state index in [1.165, 1.54) is 11.8 Å². The molecule has 108 valence electrons. The molecule has 0 radical (unpaired) electrons. The summed E-state index contributed by atoms with van der Waals surface area (Å²) < 4.78 is 2.62. The van der Waals surface area contributed by atoms with Crippen LogP contribution in [0.5, 0.6) is 0 Å². The summed E-state index contributed by atoms with van der Waals surface area (Å²) in [6, 6.07) is 5.96. The largest absolute Gasteiger partial charge is 0.343 e. The summed E-state index contributed by atoms with van der Waals surface area (Å²) in [5.74, 6) is 0. The predicted octanol–water partition coefficient (Wildman–Crippen LogP) is 2.91. The number of aromatic amines is 1. The Morgan fingerprint density at radius 3 is 2.90 bits per heavy atom. The lowest BCUT2D eigenvalue weighted by Gasteiger charge is -2.10. The van der Waals surface area contributed by atoms with E-state index in [1.54, 1.807) is 4.57 Å². The SMILES string of the molecule is CCCn1c(Sc2ccc([C@H](C)N)c(Br)c2)n[nH]c1=O. The molecule has 1 atom stereocenters. The number of hydrogen-bond acceptors (Lipinski definition) is 4. The molecule has 0 aliphatic carbocycles. The van der Waals surface area contributed by atoms with Crippen LogP contribution >= 0.6 is 27.7 Å². The van der Waals surface area contributed by atoms with Crippen molar-refractivity contribution in [1.29, 1.82) is 0 Å². The predicted molar refractivity (Wildman–Crippen MR) is 84.0 cm³/mol. The molecule has 0 unspecified atom stereocenters. The summed E-state index contributed by atoms with van der Waals surface area (Å²) in [6.45, 7) is 4.64. The smallest absolute Gasteiger partial charge is 0.324 e. The quantitative estimate of drug-likeness (QED) is 0.863. The Bertz CT molecular complexity index is 650. The number of nitrogens with zero attached hydrogens (tertiary/aromatic N) is 2. The van der Waals surface area contributed by atoms with Gasteiger partial charge in [0.1, 0.15) is 0 Å². The van der Waals surface area contributed by atoms with Crippen LogP contribution in [0.1, 0.15) is 31.9 Å². The Labute approximate surface area is 130 Å². The summed E-state index contributed by atoms with van der Waals surface area (Å²) in [4.78, 5) is 12.6. The van der Waals surface area contributed by atoms with Crippen molar-refractivity contribution in [3.63, 3.8) is 0 Å². The summed E-state index contributed by atoms with van der Waals surface area (Å²) in [5.41, 5.74) is 6.78. The third-order valence-corrected chi connectivity index (χ3v) is 4.51. The van der Waals surface area contributed by atoms with Crippen LogP contribution in [0.15, 0.2) is 37.5 Å². The highest BCUT2D eigenvalue weighted by atomic mass is 79.9. The van der Waals surface area contributed by atoms with Gasteiger partial charge in [-0.05, 0) is 42.8 Å². The zero-order valence-electron chi connectivity index (χ0n) is 11.4. The molecule has 0 aliphatic rings. The van der Waals surface area contributed by atoms with Gasteiger partial charge in [0.2, 0.25) is 0 Å². The first-order valence-electron chi connectivity index (χ1n) is 6.41. The highest BCUT2D eigenvalue weighted by Crippen LogP contribution is 2.31. The molecule has 0 amide bonds. The molecular formula is C13H17BrN4OS. The van der Waals surface area contributed by atoms with Crippen LogP contribution in [0.25, 0.3) is 0 Å². The summed E-state index contributed by atoms with van der Waals surface area (Å²) >= 11 is 4.98. The molecule has 5 nitrogen and oxygen atoms in total. The van der Waals surface area contributed by atoms with Crippen LogP contribution in [0.2, 0.25) is 0 Å². The van der Waals surface area contributed by atoms with Crippen LogP contribution in [0.3, 0.4) is 0 Å². The monoisotopic (exact) mass is 356 g/mol. The molecule has 0 aliphatic heterocycles. The Morgan fingerprint density at radius 1 is 1.55 bits per heavy atom. The maximum Gasteiger partial charge on any atom is 0.343 e. The van der Waals surface area contributed by atoms with Crippen LogP contribution in [-0.2, 0) is 6.54 Å². The highest BCUT2D eigenvalue weighted by molar-refractivity contribution is 9.10. The van der Waals surface area contributed by atoms with Gasteiger partial charge >= 0.3 is 5.69 Å². The van der Waals surface area contributed by atoms with Gasteiger partial charge in [-0.3, -0.25) is 4.57 Å². The van der Waals surface area contributed by atoms with Gasteiger partial charge in [-0.1, -0.05) is 28.9 Å². The molecule has 20 heavy (non-hydrogen) atoms. The van der Waals surface area contributed by atoms with E-state index < -0.39 is 0 Å². The van der Waals surface area contributed by atoms with Gasteiger partial charge in [-0.2, -0.15) is 0 Å². The van der Waals surface area contributed by atoms with Crippen molar-refractivity contribution < 1.29 is 0 Å². The number of hydrogen-bond donors (Lipinski definition) is 2. The van der Waals surface area contributed by atoms with Crippen LogP contribution in [-0.4, -0.2) is 14.8 Å². The fraction of sp³-hybridized carbons (Fsp3) is 0.385. The molecule has 0 spiro atoms. The number of nitrogens with two attached hydrogens (primary N) is 1. The van der Waals surface area contributed by atoms with E-state index in [0.717, 1.165) is 21.4 Å². The van der Waals surface area contributed by atoms with E-state index in [1.807, 2.05) is 32.0 Å².